The second-order valence-corrected chi connectivity index (χ2v) is 19.6. The maximum absolute atomic E-state index is 13.8. The van der Waals surface area contributed by atoms with Crippen molar-refractivity contribution in [3.63, 3.8) is 0 Å². The van der Waals surface area contributed by atoms with Crippen LogP contribution in [-0.4, -0.2) is 360 Å². The largest absolute Gasteiger partial charge is 0.481 e. The fourth-order valence-electron chi connectivity index (χ4n) is 7.83. The number of hydrogen-bond donors (Lipinski definition) is 27. The van der Waals surface area contributed by atoms with Gasteiger partial charge in [-0.3, -0.25) is 62.5 Å². The number of rotatable bonds is 40. The highest BCUT2D eigenvalue weighted by Gasteiger charge is 2.44. The Hall–Kier alpha value is -6.55. The van der Waals surface area contributed by atoms with Gasteiger partial charge >= 0.3 is 17.9 Å². The van der Waals surface area contributed by atoms with E-state index in [-0.39, 0.29) is 45.7 Å². The summed E-state index contributed by atoms with van der Waals surface area (Å²) in [7, 11) is 0. The van der Waals surface area contributed by atoms with Crippen LogP contribution in [0.2, 0.25) is 0 Å². The van der Waals surface area contributed by atoms with E-state index < -0.39 is 227 Å². The van der Waals surface area contributed by atoms with Gasteiger partial charge in [0.05, 0.1) is 45.8 Å². The Morgan fingerprint density at radius 2 is 0.709 bits per heavy atom. The number of aliphatic hydroxyl groups is 16. The Labute approximate surface area is 487 Å². The molecule has 0 bridgehead atoms. The molecule has 494 valence electrons. The van der Waals surface area contributed by atoms with Gasteiger partial charge in [-0.25, -0.2) is 0 Å². The van der Waals surface area contributed by atoms with Crippen molar-refractivity contribution in [1.29, 1.82) is 0 Å². The van der Waals surface area contributed by atoms with E-state index in [1.54, 1.807) is 10.2 Å². The molecule has 0 spiro atoms. The third kappa shape index (κ3) is 24.7. The van der Waals surface area contributed by atoms with E-state index >= 15 is 0 Å². The molecule has 86 heavy (non-hydrogen) atoms. The molecular weight excluding hydrogens is 1170 g/mol. The van der Waals surface area contributed by atoms with Crippen LogP contribution < -0.4 is 42.5 Å². The topological polar surface area (TPSA) is 675 Å². The van der Waals surface area contributed by atoms with E-state index in [1.165, 1.54) is 11.8 Å². The first kappa shape index (κ1) is 77.5. The van der Waals surface area contributed by atoms with Crippen molar-refractivity contribution in [2.45, 2.75) is 149 Å². The number of nitrogens with one attached hydrogen (secondary N) is 8. The second kappa shape index (κ2) is 37.9. The van der Waals surface area contributed by atoms with Crippen molar-refractivity contribution in [3.05, 3.63) is 0 Å². The summed E-state index contributed by atoms with van der Waals surface area (Å²) in [6.45, 7) is -3.46. The molecule has 1 aliphatic heterocycles. The van der Waals surface area contributed by atoms with Crippen LogP contribution in [0.15, 0.2) is 0 Å². The standard InChI is InChI=1S/C46H80N10O30/c1-3-24(65)51-29(37(76)33(72)21(62)14-58)44(83)49-18(10-26(67)68)40(79)53-28(36(75)32(71)20(61)13-57)42(81)47-4-5-55-6-8-56(9-7-55)12-25(66)52-30(38(77)34(73)22(63)15-59)45(84)50-19(11-27(69)70)41(80)54-31(39(78)35(74)23(64)16-60)43(82)48-17(2)46(85)86/h17-23,28-39,57-64,71-78H,3-16H2,1-2H3,(H,47,81)(H,48,82)(H,49,83)(H,50,84)(H,51,65)(H,52,66)(H,53,79)(H,54,80)(H,67,68)(H,69,70)(H,85,86)/t17-,18-,19-,20+,21+,22+,23+,28-,29-,30-,31-,32+,33+,34+,35+,36+,37+,38+,39+/m0/s1. The van der Waals surface area contributed by atoms with Crippen molar-refractivity contribution in [2.75, 3.05) is 72.2 Å². The number of carbonyl (C=O) groups excluding carboxylic acids is 8. The van der Waals surface area contributed by atoms with Crippen LogP contribution in [0.3, 0.4) is 0 Å². The minimum absolute atomic E-state index is 0.00364. The quantitative estimate of drug-likeness (QED) is 0.0271. The molecule has 40 nitrogen and oxygen atoms in total. The summed E-state index contributed by atoms with van der Waals surface area (Å²) in [5.41, 5.74) is 0. The number of aliphatic hydroxyl groups excluding tert-OH is 16. The molecule has 40 heteroatoms. The van der Waals surface area contributed by atoms with Crippen molar-refractivity contribution < 1.29 is 150 Å². The molecule has 1 rings (SSSR count). The van der Waals surface area contributed by atoms with Crippen LogP contribution in [0.4, 0.5) is 0 Å². The van der Waals surface area contributed by atoms with Gasteiger partial charge in [0.1, 0.15) is 116 Å². The van der Waals surface area contributed by atoms with Crippen molar-refractivity contribution >= 4 is 65.2 Å². The van der Waals surface area contributed by atoms with E-state index in [2.05, 4.69) is 5.32 Å². The number of carboxylic acids is 3. The zero-order valence-electron chi connectivity index (χ0n) is 46.3. The summed E-state index contributed by atoms with van der Waals surface area (Å²) in [6.07, 6.45) is -31.2. The predicted octanol–water partition coefficient (Wildman–Crippen LogP) is -17.1. The fourth-order valence-corrected chi connectivity index (χ4v) is 7.83. The predicted molar refractivity (Wildman–Crippen MR) is 278 cm³/mol. The Morgan fingerprint density at radius 1 is 0.395 bits per heavy atom. The molecule has 0 aliphatic carbocycles. The van der Waals surface area contributed by atoms with Gasteiger partial charge < -0.3 is 140 Å². The molecule has 1 saturated heterocycles. The molecule has 0 radical (unpaired) electrons. The molecule has 1 heterocycles. The third-order valence-corrected chi connectivity index (χ3v) is 13.1. The zero-order valence-corrected chi connectivity index (χ0v) is 46.3. The van der Waals surface area contributed by atoms with Crippen molar-refractivity contribution in [3.8, 4) is 0 Å². The van der Waals surface area contributed by atoms with Gasteiger partial charge in [0, 0.05) is 45.7 Å². The SMILES string of the molecule is CCC(=O)N[C@H](C(=O)N[C@@H](CC(=O)O)C(=O)N[C@H](C(=O)NCCN1CCN(CC(=O)N[C@H](C(=O)N[C@@H](CC(=O)O)C(=O)N[C@H](C(=O)N[C@@H](C)C(=O)O)[C@@H](O)[C@H](O)[C@H](O)CO)[C@@H](O)[C@H](O)[C@H](O)CO)CC1)[C@@H](O)[C@H](O)[C@H](O)CO)[C@@H](O)[C@H](O)[C@H](O)CO. The normalized spacial score (nSPS) is 19.7. The van der Waals surface area contributed by atoms with Crippen molar-refractivity contribution in [2.24, 2.45) is 0 Å². The van der Waals surface area contributed by atoms with Gasteiger partial charge in [-0.05, 0) is 6.92 Å². The lowest BCUT2D eigenvalue weighted by molar-refractivity contribution is -0.147. The lowest BCUT2D eigenvalue weighted by Gasteiger charge is -2.35. The third-order valence-electron chi connectivity index (χ3n) is 13.1. The smallest absolute Gasteiger partial charge is 0.325 e. The highest BCUT2D eigenvalue weighted by molar-refractivity contribution is 5.98. The summed E-state index contributed by atoms with van der Waals surface area (Å²) in [6, 6.07) is -15.8. The van der Waals surface area contributed by atoms with Gasteiger partial charge in [0.2, 0.25) is 47.3 Å². The average Bonchev–Trinajstić information content (AvgIpc) is 3.45. The first-order chi connectivity index (χ1) is 40.1. The molecule has 0 aromatic rings. The maximum Gasteiger partial charge on any atom is 0.325 e. The Bertz CT molecular complexity index is 2250. The minimum atomic E-state index is -2.57. The number of amides is 8. The number of carbonyl (C=O) groups is 11. The number of carboxylic acid groups (broad SMARTS) is 3. The number of nitrogens with zero attached hydrogens (tertiary/aromatic N) is 2. The second-order valence-electron chi connectivity index (χ2n) is 19.6. The zero-order chi connectivity index (χ0) is 66.0. The summed E-state index contributed by atoms with van der Waals surface area (Å²) < 4.78 is 0. The number of aliphatic carboxylic acids is 3. The molecule has 19 atom stereocenters. The van der Waals surface area contributed by atoms with E-state index in [9.17, 15) is 150 Å². The van der Waals surface area contributed by atoms with Crippen LogP contribution in [0.25, 0.3) is 0 Å². The van der Waals surface area contributed by atoms with E-state index in [0.29, 0.717) is 0 Å². The summed E-state index contributed by atoms with van der Waals surface area (Å²) in [5.74, 6) is -16.7. The fraction of sp³-hybridized carbons (Fsp3) is 0.761. The highest BCUT2D eigenvalue weighted by Crippen LogP contribution is 2.13. The van der Waals surface area contributed by atoms with Gasteiger partial charge in [0.25, 0.3) is 0 Å². The molecule has 27 N–H and O–H groups in total. The molecular formula is C46H80N10O30. The van der Waals surface area contributed by atoms with E-state index in [1.807, 2.05) is 31.9 Å². The Balaban J connectivity index is 3.32. The molecule has 8 amide bonds. The monoisotopic (exact) mass is 1250 g/mol. The van der Waals surface area contributed by atoms with Gasteiger partial charge in [-0.1, -0.05) is 6.92 Å². The summed E-state index contributed by atoms with van der Waals surface area (Å²) in [5, 5.41) is 206. The van der Waals surface area contributed by atoms with Crippen LogP contribution in [0, 0.1) is 0 Å². The molecule has 0 saturated carbocycles. The van der Waals surface area contributed by atoms with Crippen LogP contribution in [0.5, 0.6) is 0 Å². The molecule has 1 aliphatic rings. The molecule has 1 fully saturated rings. The molecule has 0 unspecified atom stereocenters. The van der Waals surface area contributed by atoms with Gasteiger partial charge in [0.15, 0.2) is 0 Å². The summed E-state index contributed by atoms with van der Waals surface area (Å²) >= 11 is 0. The Morgan fingerprint density at radius 3 is 1.03 bits per heavy atom. The first-order valence-electron chi connectivity index (χ1n) is 26.2. The van der Waals surface area contributed by atoms with Crippen LogP contribution >= 0.6 is 0 Å². The molecule has 0 aromatic carbocycles. The van der Waals surface area contributed by atoms with Crippen LogP contribution in [-0.2, 0) is 52.7 Å². The lowest BCUT2D eigenvalue weighted by Crippen LogP contribution is -2.65. The highest BCUT2D eigenvalue weighted by atomic mass is 16.4. The van der Waals surface area contributed by atoms with E-state index in [4.69, 9.17) is 0 Å². The van der Waals surface area contributed by atoms with Crippen molar-refractivity contribution in [1.82, 2.24) is 52.3 Å². The lowest BCUT2D eigenvalue weighted by atomic mass is 9.98. The maximum atomic E-state index is 13.8. The number of hydrogen-bond acceptors (Lipinski definition) is 29. The first-order valence-corrected chi connectivity index (χ1v) is 26.2. The average molecular weight is 1250 g/mol. The van der Waals surface area contributed by atoms with E-state index in [0.717, 1.165) is 6.92 Å². The Kier molecular flexibility index (Phi) is 34.1. The van der Waals surface area contributed by atoms with Gasteiger partial charge in [-0.15, -0.1) is 0 Å². The minimum Gasteiger partial charge on any atom is -0.481 e. The molecule has 0 aromatic heterocycles. The van der Waals surface area contributed by atoms with Gasteiger partial charge in [-0.2, -0.15) is 0 Å². The van der Waals surface area contributed by atoms with Crippen LogP contribution in [0.1, 0.15) is 33.1 Å². The number of piperazine rings is 1. The summed E-state index contributed by atoms with van der Waals surface area (Å²) in [4.78, 5) is 145.